The van der Waals surface area contributed by atoms with Gasteiger partial charge in [0.05, 0.1) is 5.60 Å². The molecule has 0 saturated carbocycles. The minimum atomic E-state index is -0.674. The van der Waals surface area contributed by atoms with Gasteiger partial charge in [0.1, 0.15) is 0 Å². The van der Waals surface area contributed by atoms with Gasteiger partial charge in [-0.25, -0.2) is 0 Å². The van der Waals surface area contributed by atoms with Crippen molar-refractivity contribution in [2.45, 2.75) is 51.4 Å². The molecular weight excluding hydrogens is 168 g/mol. The number of rotatable bonds is 7. The van der Waals surface area contributed by atoms with Crippen LogP contribution in [0.4, 0.5) is 0 Å². The Kier molecular flexibility index (Phi) is 6.29. The molecular formula is C10H22O3. The standard InChI is InChI=1S/C10H22O3/c1-5-6-7-10(2,11)8-9(12-3)13-4/h9,11H,5-8H2,1-4H3. The Morgan fingerprint density at radius 1 is 1.31 bits per heavy atom. The summed E-state index contributed by atoms with van der Waals surface area (Å²) in [5.41, 5.74) is -0.674. The molecule has 3 heteroatoms. The Balaban J connectivity index is 3.83. The van der Waals surface area contributed by atoms with Gasteiger partial charge in [0.2, 0.25) is 0 Å². The van der Waals surface area contributed by atoms with Crippen LogP contribution in [0.25, 0.3) is 0 Å². The van der Waals surface area contributed by atoms with Gasteiger partial charge in [-0.3, -0.25) is 0 Å². The molecule has 1 atom stereocenters. The van der Waals surface area contributed by atoms with Crippen LogP contribution in [0.1, 0.15) is 39.5 Å². The molecule has 0 aliphatic rings. The molecule has 0 bridgehead atoms. The fourth-order valence-electron chi connectivity index (χ4n) is 1.28. The number of hydrogen-bond acceptors (Lipinski definition) is 3. The van der Waals surface area contributed by atoms with E-state index >= 15 is 0 Å². The number of ether oxygens (including phenoxy) is 2. The summed E-state index contributed by atoms with van der Waals surface area (Å²) in [7, 11) is 3.17. The summed E-state index contributed by atoms with van der Waals surface area (Å²) in [6.07, 6.45) is 3.16. The van der Waals surface area contributed by atoms with Gasteiger partial charge in [0.15, 0.2) is 6.29 Å². The third-order valence-electron chi connectivity index (χ3n) is 2.20. The van der Waals surface area contributed by atoms with Crippen LogP contribution in [0, 0.1) is 0 Å². The average molecular weight is 190 g/mol. The normalized spacial score (nSPS) is 16.2. The molecule has 0 saturated heterocycles. The lowest BCUT2D eigenvalue weighted by molar-refractivity contribution is -0.141. The Bertz CT molecular complexity index is 119. The van der Waals surface area contributed by atoms with Gasteiger partial charge >= 0.3 is 0 Å². The summed E-state index contributed by atoms with van der Waals surface area (Å²) in [5, 5.41) is 9.92. The Hall–Kier alpha value is -0.120. The van der Waals surface area contributed by atoms with Crippen molar-refractivity contribution in [2.24, 2.45) is 0 Å². The van der Waals surface area contributed by atoms with Gasteiger partial charge in [0, 0.05) is 20.6 Å². The summed E-state index contributed by atoms with van der Waals surface area (Å²) in [5.74, 6) is 0. The number of methoxy groups -OCH3 is 2. The van der Waals surface area contributed by atoms with E-state index < -0.39 is 5.60 Å². The molecule has 0 heterocycles. The fraction of sp³-hybridized carbons (Fsp3) is 1.00. The number of unbranched alkanes of at least 4 members (excludes halogenated alkanes) is 1. The monoisotopic (exact) mass is 190 g/mol. The average Bonchev–Trinajstić information content (AvgIpc) is 2.11. The van der Waals surface area contributed by atoms with Gasteiger partial charge in [-0.15, -0.1) is 0 Å². The second-order valence-corrected chi connectivity index (χ2v) is 3.71. The maximum Gasteiger partial charge on any atom is 0.159 e. The van der Waals surface area contributed by atoms with E-state index in [1.807, 2.05) is 6.92 Å². The van der Waals surface area contributed by atoms with Crippen LogP contribution < -0.4 is 0 Å². The van der Waals surface area contributed by atoms with Crippen LogP contribution in [-0.4, -0.2) is 31.2 Å². The van der Waals surface area contributed by atoms with E-state index in [4.69, 9.17) is 9.47 Å². The van der Waals surface area contributed by atoms with Crippen molar-refractivity contribution in [1.29, 1.82) is 0 Å². The van der Waals surface area contributed by atoms with E-state index in [1.54, 1.807) is 14.2 Å². The van der Waals surface area contributed by atoms with Gasteiger partial charge in [-0.05, 0) is 13.3 Å². The maximum absolute atomic E-state index is 9.92. The van der Waals surface area contributed by atoms with Crippen molar-refractivity contribution in [3.63, 3.8) is 0 Å². The van der Waals surface area contributed by atoms with Crippen molar-refractivity contribution in [3.05, 3.63) is 0 Å². The fourth-order valence-corrected chi connectivity index (χ4v) is 1.28. The predicted octanol–water partition coefficient (Wildman–Crippen LogP) is 1.94. The zero-order chi connectivity index (χ0) is 10.3. The molecule has 0 aromatic rings. The largest absolute Gasteiger partial charge is 0.390 e. The van der Waals surface area contributed by atoms with Crippen molar-refractivity contribution >= 4 is 0 Å². The number of aliphatic hydroxyl groups is 1. The lowest BCUT2D eigenvalue weighted by atomic mass is 9.95. The highest BCUT2D eigenvalue weighted by molar-refractivity contribution is 4.73. The second-order valence-electron chi connectivity index (χ2n) is 3.71. The van der Waals surface area contributed by atoms with Crippen molar-refractivity contribution in [2.75, 3.05) is 14.2 Å². The highest BCUT2D eigenvalue weighted by atomic mass is 16.7. The van der Waals surface area contributed by atoms with Gasteiger partial charge in [0.25, 0.3) is 0 Å². The van der Waals surface area contributed by atoms with Crippen LogP contribution >= 0.6 is 0 Å². The molecule has 13 heavy (non-hydrogen) atoms. The molecule has 0 spiro atoms. The molecule has 0 rings (SSSR count). The first-order valence-corrected chi connectivity index (χ1v) is 4.83. The van der Waals surface area contributed by atoms with Crippen LogP contribution in [0.2, 0.25) is 0 Å². The van der Waals surface area contributed by atoms with Gasteiger partial charge < -0.3 is 14.6 Å². The van der Waals surface area contributed by atoms with Gasteiger partial charge in [-0.1, -0.05) is 19.8 Å². The van der Waals surface area contributed by atoms with Crippen LogP contribution in [-0.2, 0) is 9.47 Å². The lowest BCUT2D eigenvalue weighted by Crippen LogP contribution is -2.31. The van der Waals surface area contributed by atoms with E-state index in [1.165, 1.54) is 0 Å². The summed E-state index contributed by atoms with van der Waals surface area (Å²) >= 11 is 0. The molecule has 1 N–H and O–H groups in total. The summed E-state index contributed by atoms with van der Waals surface area (Å²) < 4.78 is 10.1. The molecule has 0 radical (unpaired) electrons. The maximum atomic E-state index is 9.92. The summed E-state index contributed by atoms with van der Waals surface area (Å²) in [6, 6.07) is 0. The molecule has 0 amide bonds. The molecule has 0 fully saturated rings. The van der Waals surface area contributed by atoms with E-state index in [-0.39, 0.29) is 6.29 Å². The molecule has 0 aliphatic carbocycles. The molecule has 80 valence electrons. The Morgan fingerprint density at radius 2 is 1.85 bits per heavy atom. The van der Waals surface area contributed by atoms with E-state index in [2.05, 4.69) is 6.92 Å². The molecule has 0 aromatic heterocycles. The van der Waals surface area contributed by atoms with Crippen LogP contribution in [0.5, 0.6) is 0 Å². The minimum Gasteiger partial charge on any atom is -0.390 e. The zero-order valence-corrected chi connectivity index (χ0v) is 9.17. The highest BCUT2D eigenvalue weighted by Crippen LogP contribution is 2.20. The zero-order valence-electron chi connectivity index (χ0n) is 9.17. The van der Waals surface area contributed by atoms with E-state index in [0.29, 0.717) is 6.42 Å². The van der Waals surface area contributed by atoms with Crippen LogP contribution in [0.15, 0.2) is 0 Å². The Labute approximate surface area is 81.0 Å². The van der Waals surface area contributed by atoms with Crippen molar-refractivity contribution in [1.82, 2.24) is 0 Å². The predicted molar refractivity (Wildman–Crippen MR) is 52.6 cm³/mol. The van der Waals surface area contributed by atoms with Crippen LogP contribution in [0.3, 0.4) is 0 Å². The lowest BCUT2D eigenvalue weighted by Gasteiger charge is -2.26. The third-order valence-corrected chi connectivity index (χ3v) is 2.20. The topological polar surface area (TPSA) is 38.7 Å². The molecule has 3 nitrogen and oxygen atoms in total. The molecule has 0 aromatic carbocycles. The SMILES string of the molecule is CCCCC(C)(O)CC(OC)OC. The van der Waals surface area contributed by atoms with Crippen molar-refractivity contribution < 1.29 is 14.6 Å². The molecule has 1 unspecified atom stereocenters. The quantitative estimate of drug-likeness (QED) is 0.623. The Morgan fingerprint density at radius 3 is 2.23 bits per heavy atom. The van der Waals surface area contributed by atoms with Gasteiger partial charge in [-0.2, -0.15) is 0 Å². The first kappa shape index (κ1) is 12.9. The smallest absolute Gasteiger partial charge is 0.159 e. The highest BCUT2D eigenvalue weighted by Gasteiger charge is 2.24. The summed E-state index contributed by atoms with van der Waals surface area (Å²) in [6.45, 7) is 3.94. The first-order valence-electron chi connectivity index (χ1n) is 4.83. The summed E-state index contributed by atoms with van der Waals surface area (Å²) in [4.78, 5) is 0. The van der Waals surface area contributed by atoms with E-state index in [0.717, 1.165) is 19.3 Å². The molecule has 0 aliphatic heterocycles. The second kappa shape index (κ2) is 6.35. The van der Waals surface area contributed by atoms with Crippen molar-refractivity contribution in [3.8, 4) is 0 Å². The third kappa shape index (κ3) is 6.02. The number of hydrogen-bond donors (Lipinski definition) is 1. The minimum absolute atomic E-state index is 0.299. The van der Waals surface area contributed by atoms with E-state index in [9.17, 15) is 5.11 Å². The first-order chi connectivity index (χ1) is 6.05.